The van der Waals surface area contributed by atoms with Gasteiger partial charge in [0.05, 0.1) is 0 Å². The molecular weight excluding hydrogens is 404 g/mol. The first kappa shape index (κ1) is 23.0. The van der Waals surface area contributed by atoms with Gasteiger partial charge in [-0.05, 0) is 52.0 Å². The standard InChI is InChI=1S/C29H38N4/c1-6-31(7-2)24-10-14-26(15-11-24)33(27-16-12-25(13-17-27)32(8-3)9-4)28-18-19-29-23(22-28)20-21-30(29)5/h10-19,22H,6-9,20-21H2,1-5H3/q+2. The molecule has 2 aliphatic rings. The first-order chi connectivity index (χ1) is 16.1. The van der Waals surface area contributed by atoms with E-state index in [-0.39, 0.29) is 0 Å². The number of nitrogens with zero attached hydrogens (tertiary/aromatic N) is 4. The monoisotopic (exact) mass is 442 g/mol. The van der Waals surface area contributed by atoms with Crippen LogP contribution >= 0.6 is 0 Å². The van der Waals surface area contributed by atoms with Crippen molar-refractivity contribution < 1.29 is 4.58 Å². The van der Waals surface area contributed by atoms with Crippen LogP contribution in [0.1, 0.15) is 34.1 Å². The van der Waals surface area contributed by atoms with Crippen LogP contribution in [-0.4, -0.2) is 55.8 Å². The maximum Gasteiger partial charge on any atom is 0.212 e. The number of benzene rings is 2. The van der Waals surface area contributed by atoms with Crippen LogP contribution in [0.4, 0.5) is 22.7 Å². The van der Waals surface area contributed by atoms with Gasteiger partial charge in [0.15, 0.2) is 0 Å². The predicted molar refractivity (Wildman–Crippen MR) is 144 cm³/mol. The molecule has 1 heterocycles. The molecule has 0 amide bonds. The first-order valence-corrected chi connectivity index (χ1v) is 12.4. The molecule has 0 radical (unpaired) electrons. The molecule has 0 N–H and O–H groups in total. The summed E-state index contributed by atoms with van der Waals surface area (Å²) in [7, 11) is 2.18. The third kappa shape index (κ3) is 4.66. The summed E-state index contributed by atoms with van der Waals surface area (Å²) in [6, 6.07) is 18.0. The van der Waals surface area contributed by atoms with E-state index >= 15 is 0 Å². The van der Waals surface area contributed by atoms with E-state index in [0.717, 1.165) is 39.1 Å². The number of rotatable bonds is 8. The van der Waals surface area contributed by atoms with Gasteiger partial charge in [-0.1, -0.05) is 0 Å². The second-order valence-electron chi connectivity index (χ2n) is 8.70. The van der Waals surface area contributed by atoms with E-state index in [2.05, 4.69) is 120 Å². The minimum absolute atomic E-state index is 1.02. The van der Waals surface area contributed by atoms with E-state index in [1.165, 1.54) is 39.7 Å². The Balaban J connectivity index is 1.80. The maximum atomic E-state index is 2.39. The zero-order valence-corrected chi connectivity index (χ0v) is 20.9. The number of allylic oxidation sites excluding steroid dienone is 3. The van der Waals surface area contributed by atoms with Gasteiger partial charge >= 0.3 is 0 Å². The zero-order valence-electron chi connectivity index (χ0n) is 20.9. The Kier molecular flexibility index (Phi) is 7.12. The van der Waals surface area contributed by atoms with Crippen molar-refractivity contribution in [2.45, 2.75) is 34.1 Å². The molecule has 1 aliphatic heterocycles. The summed E-state index contributed by atoms with van der Waals surface area (Å²) in [5.41, 5.74) is 8.93. The van der Waals surface area contributed by atoms with Gasteiger partial charge in [0.2, 0.25) is 22.8 Å². The normalized spacial score (nSPS) is 14.9. The molecule has 2 aromatic rings. The molecule has 1 aliphatic carbocycles. The van der Waals surface area contributed by atoms with Crippen molar-refractivity contribution in [2.75, 3.05) is 49.6 Å². The first-order valence-electron chi connectivity index (χ1n) is 12.4. The van der Waals surface area contributed by atoms with Crippen molar-refractivity contribution >= 4 is 34.2 Å². The Bertz CT molecular complexity index is 1040. The van der Waals surface area contributed by atoms with E-state index in [0.29, 0.717) is 0 Å². The van der Waals surface area contributed by atoms with Crippen molar-refractivity contribution in [2.24, 2.45) is 0 Å². The quantitative estimate of drug-likeness (QED) is 0.388. The molecule has 0 bridgehead atoms. The van der Waals surface area contributed by atoms with Gasteiger partial charge in [0, 0.05) is 92.0 Å². The summed E-state index contributed by atoms with van der Waals surface area (Å²) < 4.78 is 4.73. The van der Waals surface area contributed by atoms with Crippen molar-refractivity contribution in [1.82, 2.24) is 4.58 Å². The van der Waals surface area contributed by atoms with Crippen molar-refractivity contribution in [3.8, 4) is 0 Å². The molecule has 4 heteroatoms. The summed E-state index contributed by atoms with van der Waals surface area (Å²) in [6.45, 7) is 14.0. The molecule has 2 aromatic carbocycles. The van der Waals surface area contributed by atoms with Gasteiger partial charge in [0.25, 0.3) is 0 Å². The Hall–Kier alpha value is -3.14. The number of anilines is 2. The largest absolute Gasteiger partial charge is 0.372 e. The minimum Gasteiger partial charge on any atom is -0.372 e. The van der Waals surface area contributed by atoms with E-state index in [1.54, 1.807) is 0 Å². The van der Waals surface area contributed by atoms with E-state index < -0.39 is 0 Å². The van der Waals surface area contributed by atoms with Crippen LogP contribution in [0.3, 0.4) is 0 Å². The molecule has 33 heavy (non-hydrogen) atoms. The van der Waals surface area contributed by atoms with Gasteiger partial charge in [-0.15, -0.1) is 0 Å². The fourth-order valence-corrected chi connectivity index (χ4v) is 4.94. The number of hydrogen-bond acceptors (Lipinski definition) is 2. The lowest BCUT2D eigenvalue weighted by Crippen LogP contribution is -2.22. The minimum atomic E-state index is 1.02. The van der Waals surface area contributed by atoms with Crippen LogP contribution in [0.5, 0.6) is 0 Å². The Morgan fingerprint density at radius 3 is 1.67 bits per heavy atom. The molecular formula is C29H38N4+2. The van der Waals surface area contributed by atoms with Crippen LogP contribution < -0.4 is 14.4 Å². The highest BCUT2D eigenvalue weighted by atomic mass is 15.1. The summed E-state index contributed by atoms with van der Waals surface area (Å²) in [4.78, 5) is 4.77. The molecule has 0 saturated carbocycles. The topological polar surface area (TPSA) is 12.5 Å². The highest BCUT2D eigenvalue weighted by Gasteiger charge is 2.29. The fraction of sp³-hybridized carbons (Fsp3) is 0.379. The van der Waals surface area contributed by atoms with Gasteiger partial charge in [0.1, 0.15) is 13.6 Å². The van der Waals surface area contributed by atoms with Gasteiger partial charge in [-0.3, -0.25) is 0 Å². The maximum absolute atomic E-state index is 2.39. The molecule has 0 spiro atoms. The van der Waals surface area contributed by atoms with Crippen LogP contribution in [0.15, 0.2) is 72.3 Å². The Morgan fingerprint density at radius 2 is 1.21 bits per heavy atom. The highest BCUT2D eigenvalue weighted by Crippen LogP contribution is 2.28. The average Bonchev–Trinajstić information content (AvgIpc) is 3.23. The molecule has 172 valence electrons. The predicted octanol–water partition coefficient (Wildman–Crippen LogP) is 5.64. The average molecular weight is 443 g/mol. The van der Waals surface area contributed by atoms with E-state index in [9.17, 15) is 0 Å². The van der Waals surface area contributed by atoms with Gasteiger partial charge in [-0.25, -0.2) is 4.58 Å². The molecule has 0 fully saturated rings. The third-order valence-electron chi connectivity index (χ3n) is 6.92. The molecule has 0 saturated heterocycles. The second-order valence-corrected chi connectivity index (χ2v) is 8.70. The lowest BCUT2D eigenvalue weighted by Gasteiger charge is -2.21. The lowest BCUT2D eigenvalue weighted by atomic mass is 10.0. The second kappa shape index (κ2) is 10.2. The Labute approximate surface area is 199 Å². The fourth-order valence-electron chi connectivity index (χ4n) is 4.94. The van der Waals surface area contributed by atoms with Crippen LogP contribution in [-0.2, 0) is 0 Å². The van der Waals surface area contributed by atoms with Crippen LogP contribution in [0.2, 0.25) is 0 Å². The Morgan fingerprint density at radius 1 is 0.727 bits per heavy atom. The smallest absolute Gasteiger partial charge is 0.212 e. The van der Waals surface area contributed by atoms with Crippen molar-refractivity contribution in [1.29, 1.82) is 0 Å². The summed E-state index contributed by atoms with van der Waals surface area (Å²) in [6.07, 6.45) is 8.02. The number of fused-ring (bicyclic) bond motifs is 1. The van der Waals surface area contributed by atoms with Gasteiger partial charge < -0.3 is 9.80 Å². The van der Waals surface area contributed by atoms with Crippen molar-refractivity contribution in [3.05, 3.63) is 72.3 Å². The van der Waals surface area contributed by atoms with Crippen LogP contribution in [0, 0.1) is 0 Å². The highest BCUT2D eigenvalue weighted by molar-refractivity contribution is 6.21. The molecule has 4 rings (SSSR count). The third-order valence-corrected chi connectivity index (χ3v) is 6.92. The molecule has 0 atom stereocenters. The van der Waals surface area contributed by atoms with E-state index in [4.69, 9.17) is 0 Å². The summed E-state index contributed by atoms with van der Waals surface area (Å²) in [5, 5.41) is 0. The zero-order chi connectivity index (χ0) is 23.4. The SMILES string of the molecule is CCN(CC)c1ccc([N+](=C2C=CC3=[N+](C)CCC3=C2)c2ccc(N(CC)CC)cc2)cc1. The lowest BCUT2D eigenvalue weighted by molar-refractivity contribution is -0.487. The van der Waals surface area contributed by atoms with Crippen molar-refractivity contribution in [3.63, 3.8) is 0 Å². The van der Waals surface area contributed by atoms with E-state index in [1.807, 2.05) is 0 Å². The molecule has 0 unspecified atom stereocenters. The summed E-state index contributed by atoms with van der Waals surface area (Å²) >= 11 is 0. The summed E-state index contributed by atoms with van der Waals surface area (Å²) in [5.74, 6) is 0. The number of hydrogen-bond donors (Lipinski definition) is 0. The molecule has 0 aromatic heterocycles. The van der Waals surface area contributed by atoms with Crippen LogP contribution in [0.25, 0.3) is 0 Å². The molecule has 4 nitrogen and oxygen atoms in total. The van der Waals surface area contributed by atoms with Gasteiger partial charge in [-0.2, -0.15) is 4.58 Å².